The van der Waals surface area contributed by atoms with Gasteiger partial charge in [-0.3, -0.25) is 9.59 Å². The van der Waals surface area contributed by atoms with E-state index in [0.29, 0.717) is 17.6 Å². The lowest BCUT2D eigenvalue weighted by molar-refractivity contribution is -0.171. The fourth-order valence-corrected chi connectivity index (χ4v) is 3.11. The van der Waals surface area contributed by atoms with E-state index in [1.165, 1.54) is 12.2 Å². The van der Waals surface area contributed by atoms with Gasteiger partial charge >= 0.3 is 12.4 Å². The Balaban J connectivity index is 5.47. The Morgan fingerprint density at radius 3 is 1.42 bits per heavy atom. The topological polar surface area (TPSA) is 58.2 Å². The normalized spacial score (nSPS) is 16.1. The lowest BCUT2D eigenvalue weighted by atomic mass is 9.99. The van der Waals surface area contributed by atoms with E-state index in [1.54, 1.807) is 41.5 Å². The third-order valence-electron chi connectivity index (χ3n) is 4.46. The molecule has 0 aromatic heterocycles. The molecule has 0 aliphatic rings. The van der Waals surface area contributed by atoms with Crippen LogP contribution in [-0.2, 0) is 9.59 Å². The number of carbonyl (C=O) groups excluding carboxylic acids is 2. The molecule has 0 aromatic rings. The van der Waals surface area contributed by atoms with Crippen molar-refractivity contribution in [2.45, 2.75) is 97.3 Å². The number of ketones is 2. The highest BCUT2D eigenvalue weighted by Gasteiger charge is 2.40. The smallest absolute Gasteiger partial charge is 0.306 e. The van der Waals surface area contributed by atoms with Crippen molar-refractivity contribution in [2.75, 3.05) is 0 Å². The zero-order chi connectivity index (χ0) is 24.6. The minimum Gasteiger partial charge on any atom is -0.306 e. The highest BCUT2D eigenvalue weighted by atomic mass is 19.4. The van der Waals surface area contributed by atoms with E-state index >= 15 is 0 Å². The van der Waals surface area contributed by atoms with Crippen molar-refractivity contribution in [2.24, 2.45) is 0 Å². The zero-order valence-corrected chi connectivity index (χ0v) is 18.7. The van der Waals surface area contributed by atoms with Gasteiger partial charge in [-0.25, -0.2) is 0 Å². The fraction of sp³-hybridized carbons (Fsp3) is 0.714. The molecule has 180 valence electrons. The van der Waals surface area contributed by atoms with Gasteiger partial charge in [0.15, 0.2) is 0 Å². The van der Waals surface area contributed by atoms with Gasteiger partial charge in [0.05, 0.1) is 0 Å². The third-order valence-corrected chi connectivity index (χ3v) is 4.46. The van der Waals surface area contributed by atoms with E-state index < -0.39 is 60.9 Å². The molecule has 0 aliphatic carbocycles. The van der Waals surface area contributed by atoms with Crippen LogP contribution in [0.4, 0.5) is 26.3 Å². The predicted molar refractivity (Wildman–Crippen MR) is 108 cm³/mol. The molecule has 0 saturated heterocycles. The molecule has 31 heavy (non-hydrogen) atoms. The number of carbonyl (C=O) groups is 2. The molecule has 0 aromatic carbocycles. The number of Topliss-reactive ketones (excluding diaryl/α,β-unsaturated/α-hetero) is 2. The van der Waals surface area contributed by atoms with Gasteiger partial charge in [0, 0.05) is 37.0 Å². The Bertz CT molecular complexity index is 660. The van der Waals surface area contributed by atoms with Gasteiger partial charge in [-0.15, -0.1) is 0 Å². The van der Waals surface area contributed by atoms with E-state index in [0.717, 1.165) is 0 Å². The number of rotatable bonds is 12. The van der Waals surface area contributed by atoms with Crippen LogP contribution >= 0.6 is 0 Å². The average Bonchev–Trinajstić information content (AvgIpc) is 2.56. The molecular weight excluding hydrogens is 426 g/mol. The van der Waals surface area contributed by atoms with Crippen molar-refractivity contribution >= 4 is 11.6 Å². The van der Waals surface area contributed by atoms with Crippen LogP contribution in [0.2, 0.25) is 0 Å². The summed E-state index contributed by atoms with van der Waals surface area (Å²) in [6.07, 6.45) is -8.04. The summed E-state index contributed by atoms with van der Waals surface area (Å²) < 4.78 is 76.1. The molecule has 4 unspecified atom stereocenters. The molecule has 0 heterocycles. The Hall–Kier alpha value is -1.68. The van der Waals surface area contributed by atoms with Gasteiger partial charge in [0.2, 0.25) is 11.6 Å². The van der Waals surface area contributed by atoms with Gasteiger partial charge in [-0.2, -0.15) is 26.3 Å². The van der Waals surface area contributed by atoms with Gasteiger partial charge in [0.25, 0.3) is 0 Å². The molecule has 0 bridgehead atoms. The molecule has 0 spiro atoms. The van der Waals surface area contributed by atoms with Crippen LogP contribution in [-0.4, -0.2) is 48.1 Å². The number of hydrogen-bond acceptors (Lipinski definition) is 4. The van der Waals surface area contributed by atoms with Crippen molar-refractivity contribution in [3.8, 4) is 0 Å². The van der Waals surface area contributed by atoms with Crippen molar-refractivity contribution in [1.29, 1.82) is 0 Å². The van der Waals surface area contributed by atoms with E-state index in [4.69, 9.17) is 0 Å². The minimum atomic E-state index is -4.95. The van der Waals surface area contributed by atoms with Crippen LogP contribution in [0, 0.1) is 0 Å². The van der Waals surface area contributed by atoms with Crippen LogP contribution in [0.25, 0.3) is 0 Å². The van der Waals surface area contributed by atoms with Crippen LogP contribution in [0.3, 0.4) is 0 Å². The SMILES string of the molecule is CCC(NC(C=C(C)C)CC(=O)C(F)(F)F)C(C)NC(C=C(C)C)CC(=O)C(F)(F)F. The zero-order valence-electron chi connectivity index (χ0n) is 18.7. The summed E-state index contributed by atoms with van der Waals surface area (Å²) in [5.74, 6) is -3.73. The van der Waals surface area contributed by atoms with Gasteiger partial charge in [0.1, 0.15) is 0 Å². The van der Waals surface area contributed by atoms with Crippen LogP contribution in [0.15, 0.2) is 23.3 Å². The van der Waals surface area contributed by atoms with Crippen LogP contribution < -0.4 is 10.6 Å². The number of alkyl halides is 6. The maximum atomic E-state index is 12.7. The van der Waals surface area contributed by atoms with E-state index in [1.807, 2.05) is 0 Å². The first-order chi connectivity index (χ1) is 14.0. The minimum absolute atomic E-state index is 0.427. The average molecular weight is 458 g/mol. The first-order valence-corrected chi connectivity index (χ1v) is 9.99. The van der Waals surface area contributed by atoms with Gasteiger partial charge in [-0.1, -0.05) is 30.2 Å². The first-order valence-electron chi connectivity index (χ1n) is 9.99. The standard InChI is InChI=1S/C21H32F6N2O2/c1-7-17(29-16(9-13(4)5)11-19(31)21(25,26)27)14(6)28-15(8-12(2)3)10-18(30)20(22,23)24/h8-9,14-17,28-29H,7,10-11H2,1-6H3. The van der Waals surface area contributed by atoms with Crippen LogP contribution in [0.5, 0.6) is 0 Å². The van der Waals surface area contributed by atoms with Crippen molar-refractivity contribution < 1.29 is 35.9 Å². The monoisotopic (exact) mass is 458 g/mol. The molecule has 2 N–H and O–H groups in total. The quantitative estimate of drug-likeness (QED) is 0.318. The molecule has 4 nitrogen and oxygen atoms in total. The number of hydrogen-bond donors (Lipinski definition) is 2. The summed E-state index contributed by atoms with van der Waals surface area (Å²) in [7, 11) is 0. The highest BCUT2D eigenvalue weighted by molar-refractivity contribution is 5.85. The van der Waals surface area contributed by atoms with E-state index in [2.05, 4.69) is 10.6 Å². The molecule has 0 saturated carbocycles. The van der Waals surface area contributed by atoms with Gasteiger partial charge in [-0.05, 0) is 41.0 Å². The maximum absolute atomic E-state index is 12.7. The maximum Gasteiger partial charge on any atom is 0.450 e. The number of allylic oxidation sites excluding steroid dienone is 2. The summed E-state index contributed by atoms with van der Waals surface area (Å²) in [6, 6.07) is -2.76. The second-order valence-corrected chi connectivity index (χ2v) is 8.09. The summed E-state index contributed by atoms with van der Waals surface area (Å²) in [5.41, 5.74) is 1.42. The summed E-state index contributed by atoms with van der Waals surface area (Å²) in [6.45, 7) is 10.2. The van der Waals surface area contributed by atoms with E-state index in [9.17, 15) is 35.9 Å². The summed E-state index contributed by atoms with van der Waals surface area (Å²) >= 11 is 0. The second-order valence-electron chi connectivity index (χ2n) is 8.09. The molecule has 0 rings (SSSR count). The molecule has 0 fully saturated rings. The second kappa shape index (κ2) is 12.4. The molecule has 0 radical (unpaired) electrons. The molecular formula is C21H32F6N2O2. The number of nitrogens with one attached hydrogen (secondary N) is 2. The van der Waals surface area contributed by atoms with Gasteiger partial charge < -0.3 is 10.6 Å². The Kier molecular flexibility index (Phi) is 11.7. The Morgan fingerprint density at radius 2 is 1.13 bits per heavy atom. The van der Waals surface area contributed by atoms with Crippen molar-refractivity contribution in [3.63, 3.8) is 0 Å². The van der Waals surface area contributed by atoms with Crippen molar-refractivity contribution in [1.82, 2.24) is 10.6 Å². The van der Waals surface area contributed by atoms with E-state index in [-0.39, 0.29) is 0 Å². The number of halogens is 6. The fourth-order valence-electron chi connectivity index (χ4n) is 3.11. The lowest BCUT2D eigenvalue weighted by Crippen LogP contribution is -2.53. The third kappa shape index (κ3) is 12.1. The highest BCUT2D eigenvalue weighted by Crippen LogP contribution is 2.21. The predicted octanol–water partition coefficient (Wildman–Crippen LogP) is 5.05. The Morgan fingerprint density at radius 1 is 0.774 bits per heavy atom. The summed E-state index contributed by atoms with van der Waals surface area (Å²) in [5, 5.41) is 5.95. The Labute approximate surface area is 179 Å². The molecule has 4 atom stereocenters. The lowest BCUT2D eigenvalue weighted by Gasteiger charge is -2.31. The molecule has 0 aliphatic heterocycles. The van der Waals surface area contributed by atoms with Crippen molar-refractivity contribution in [3.05, 3.63) is 23.3 Å². The molecule has 0 amide bonds. The summed E-state index contributed by atoms with van der Waals surface area (Å²) in [4.78, 5) is 22.9. The van der Waals surface area contributed by atoms with Crippen LogP contribution in [0.1, 0.15) is 60.8 Å². The largest absolute Gasteiger partial charge is 0.450 e. The molecule has 10 heteroatoms. The first kappa shape index (κ1) is 29.3.